The maximum absolute atomic E-state index is 14.2. The van der Waals surface area contributed by atoms with Crippen LogP contribution in [0, 0.1) is 0 Å². The van der Waals surface area contributed by atoms with Crippen molar-refractivity contribution in [2.45, 2.75) is 25.3 Å². The molecule has 0 unspecified atom stereocenters. The van der Waals surface area contributed by atoms with E-state index in [1.165, 1.54) is 4.57 Å². The average Bonchev–Trinajstić information content (AvgIpc) is 3.70. The molecular weight excluding hydrogens is 610 g/mol. The summed E-state index contributed by atoms with van der Waals surface area (Å²) in [4.78, 5) is 40.2. The third-order valence-corrected chi connectivity index (χ3v) is 8.58. The van der Waals surface area contributed by atoms with Gasteiger partial charge in [0.2, 0.25) is 15.9 Å². The molecule has 6 rings (SSSR count). The predicted octanol–water partition coefficient (Wildman–Crippen LogP) is 2.39. The van der Waals surface area contributed by atoms with Gasteiger partial charge in [-0.15, -0.1) is 0 Å². The van der Waals surface area contributed by atoms with Crippen molar-refractivity contribution >= 4 is 44.4 Å². The number of alkyl halides is 2. The quantitative estimate of drug-likeness (QED) is 0.248. The fourth-order valence-electron chi connectivity index (χ4n) is 5.29. The molecule has 236 valence electrons. The summed E-state index contributed by atoms with van der Waals surface area (Å²) in [5.41, 5.74) is 1.69. The fraction of sp³-hybridized carbons (Fsp3) is 0.345. The van der Waals surface area contributed by atoms with Gasteiger partial charge in [0, 0.05) is 30.4 Å². The Morgan fingerprint density at radius 3 is 2.47 bits per heavy atom. The number of benzene rings is 2. The molecular formula is C29H30F2N8O5S. The van der Waals surface area contributed by atoms with Crippen molar-refractivity contribution in [3.8, 4) is 17.2 Å². The molecule has 2 aromatic heterocycles. The zero-order chi connectivity index (χ0) is 31.6. The smallest absolute Gasteiger partial charge is 0.296 e. The zero-order valence-electron chi connectivity index (χ0n) is 23.9. The molecule has 1 atom stereocenters. The zero-order valence-corrected chi connectivity index (χ0v) is 24.8. The van der Waals surface area contributed by atoms with Gasteiger partial charge in [0.1, 0.15) is 17.4 Å². The normalized spacial score (nSPS) is 17.1. The third kappa shape index (κ3) is 6.92. The summed E-state index contributed by atoms with van der Waals surface area (Å²) in [7, 11) is -4.20. The lowest BCUT2D eigenvalue weighted by atomic mass is 10.2. The van der Waals surface area contributed by atoms with Gasteiger partial charge in [-0.2, -0.15) is 0 Å². The molecule has 0 bridgehead atoms. The van der Waals surface area contributed by atoms with Crippen LogP contribution in [0.4, 0.5) is 20.3 Å². The number of carbonyl (C=O) groups is 2. The lowest BCUT2D eigenvalue weighted by molar-refractivity contribution is -0.121. The number of morpholine rings is 1. The molecule has 2 aliphatic rings. The number of hydrogen-bond acceptors (Lipinski definition) is 10. The number of aromatic nitrogens is 4. The molecule has 3 N–H and O–H groups in total. The molecule has 45 heavy (non-hydrogen) atoms. The minimum Gasteiger partial charge on any atom is -0.378 e. The number of anilines is 2. The number of para-hydroxylation sites is 2. The number of nitrogens with zero attached hydrogens (tertiary/aromatic N) is 5. The van der Waals surface area contributed by atoms with E-state index < -0.39 is 45.9 Å². The highest BCUT2D eigenvalue weighted by atomic mass is 32.2. The van der Waals surface area contributed by atoms with Gasteiger partial charge in [-0.3, -0.25) is 18.9 Å². The Morgan fingerprint density at radius 2 is 1.76 bits per heavy atom. The number of rotatable bonds is 9. The first kappa shape index (κ1) is 30.5. The second-order valence-electron chi connectivity index (χ2n) is 10.6. The molecule has 4 heterocycles. The Balaban J connectivity index is 1.26. The van der Waals surface area contributed by atoms with Gasteiger partial charge in [0.15, 0.2) is 11.6 Å². The van der Waals surface area contributed by atoms with Crippen molar-refractivity contribution in [1.82, 2.24) is 29.6 Å². The SMILES string of the molecule is O=C(CS(=O)(=O)NC(=O)[C@@H]1CCCN1)Nc1ccc(-c2nc(N3CCOCC3)cc(-n3c(C(F)F)nc4ccccc43)n2)cc1. The summed E-state index contributed by atoms with van der Waals surface area (Å²) in [5.74, 6) is -1.92. The van der Waals surface area contributed by atoms with Crippen LogP contribution in [0.2, 0.25) is 0 Å². The average molecular weight is 641 g/mol. The Labute approximate surface area is 257 Å². The molecule has 2 saturated heterocycles. The third-order valence-electron chi connectivity index (χ3n) is 7.43. The van der Waals surface area contributed by atoms with Crippen LogP contribution in [-0.4, -0.2) is 84.4 Å². The van der Waals surface area contributed by atoms with Gasteiger partial charge < -0.3 is 20.3 Å². The Kier molecular flexibility index (Phi) is 8.69. The molecule has 13 nitrogen and oxygen atoms in total. The van der Waals surface area contributed by atoms with Gasteiger partial charge >= 0.3 is 0 Å². The van der Waals surface area contributed by atoms with Crippen LogP contribution in [-0.2, 0) is 24.3 Å². The van der Waals surface area contributed by atoms with E-state index in [1.54, 1.807) is 54.6 Å². The minimum absolute atomic E-state index is 0.211. The number of sulfonamides is 1. The first-order valence-corrected chi connectivity index (χ1v) is 16.0. The molecule has 2 amide bonds. The molecule has 2 aliphatic heterocycles. The minimum atomic E-state index is -4.20. The summed E-state index contributed by atoms with van der Waals surface area (Å²) in [6.07, 6.45) is -1.58. The fourth-order valence-corrected chi connectivity index (χ4v) is 6.23. The highest BCUT2D eigenvalue weighted by Crippen LogP contribution is 2.30. The number of fused-ring (bicyclic) bond motifs is 1. The number of halogens is 2. The number of carbonyl (C=O) groups excluding carboxylic acids is 2. The maximum Gasteiger partial charge on any atom is 0.296 e. The maximum atomic E-state index is 14.2. The van der Waals surface area contributed by atoms with E-state index in [2.05, 4.69) is 20.6 Å². The topological polar surface area (TPSA) is 160 Å². The van der Waals surface area contributed by atoms with E-state index in [4.69, 9.17) is 9.72 Å². The first-order chi connectivity index (χ1) is 21.7. The summed E-state index contributed by atoms with van der Waals surface area (Å²) in [6.45, 7) is 2.68. The van der Waals surface area contributed by atoms with Crippen LogP contribution in [0.3, 0.4) is 0 Å². The van der Waals surface area contributed by atoms with Gasteiger partial charge in [-0.05, 0) is 55.8 Å². The standard InChI is InChI=1S/C29H30F2N8O5S/c30-26(31)28-34-20-4-1-2-6-22(20)39(28)24-16-23(38-12-14-44-15-13-38)35-27(36-24)18-7-9-19(10-8-18)33-25(40)17-45(42,43)37-29(41)21-5-3-11-32-21/h1-2,4,6-10,16,21,26,32H,3,5,11-15,17H2,(H,33,40)(H,37,41)/t21-/m0/s1. The van der Waals surface area contributed by atoms with Crippen LogP contribution >= 0.6 is 0 Å². The summed E-state index contributed by atoms with van der Waals surface area (Å²) >= 11 is 0. The number of ether oxygens (including phenoxy) is 1. The second kappa shape index (κ2) is 12.8. The Hall–Kier alpha value is -4.54. The lowest BCUT2D eigenvalue weighted by Crippen LogP contribution is -2.45. The van der Waals surface area contributed by atoms with Crippen LogP contribution in [0.25, 0.3) is 28.2 Å². The number of nitrogens with one attached hydrogen (secondary N) is 3. The molecule has 0 saturated carbocycles. The van der Waals surface area contributed by atoms with Crippen LogP contribution in [0.1, 0.15) is 25.1 Å². The predicted molar refractivity (Wildman–Crippen MR) is 162 cm³/mol. The van der Waals surface area contributed by atoms with E-state index >= 15 is 0 Å². The number of hydrogen-bond donors (Lipinski definition) is 3. The summed E-state index contributed by atoms with van der Waals surface area (Å²) < 4.78 is 61.8. The second-order valence-corrected chi connectivity index (χ2v) is 12.3. The molecule has 0 spiro atoms. The van der Waals surface area contributed by atoms with Gasteiger partial charge in [-0.25, -0.2) is 32.2 Å². The monoisotopic (exact) mass is 640 g/mol. The van der Waals surface area contributed by atoms with Crippen LogP contribution in [0.5, 0.6) is 0 Å². The summed E-state index contributed by atoms with van der Waals surface area (Å²) in [6, 6.07) is 14.2. The van der Waals surface area contributed by atoms with Gasteiger partial charge in [-0.1, -0.05) is 12.1 Å². The van der Waals surface area contributed by atoms with Crippen LogP contribution in [0.15, 0.2) is 54.6 Å². The van der Waals surface area contributed by atoms with E-state index in [0.717, 1.165) is 6.42 Å². The number of amides is 2. The van der Waals surface area contributed by atoms with Crippen molar-refractivity contribution in [1.29, 1.82) is 0 Å². The highest BCUT2D eigenvalue weighted by Gasteiger charge is 2.27. The van der Waals surface area contributed by atoms with Gasteiger partial charge in [0.25, 0.3) is 12.3 Å². The van der Waals surface area contributed by atoms with Crippen molar-refractivity contribution < 1.29 is 31.5 Å². The molecule has 4 aromatic rings. The summed E-state index contributed by atoms with van der Waals surface area (Å²) in [5, 5.41) is 5.42. The Bertz CT molecular complexity index is 1820. The van der Waals surface area contributed by atoms with Crippen molar-refractivity contribution in [3.05, 3.63) is 60.4 Å². The van der Waals surface area contributed by atoms with Crippen molar-refractivity contribution in [3.63, 3.8) is 0 Å². The molecule has 0 aliphatic carbocycles. The molecule has 2 aromatic carbocycles. The molecule has 2 fully saturated rings. The van der Waals surface area contributed by atoms with E-state index in [9.17, 15) is 26.8 Å². The first-order valence-electron chi connectivity index (χ1n) is 14.3. The molecule has 0 radical (unpaired) electrons. The van der Waals surface area contributed by atoms with E-state index in [0.29, 0.717) is 67.4 Å². The van der Waals surface area contributed by atoms with Crippen molar-refractivity contribution in [2.24, 2.45) is 0 Å². The van der Waals surface area contributed by atoms with Crippen molar-refractivity contribution in [2.75, 3.05) is 48.8 Å². The van der Waals surface area contributed by atoms with E-state index in [-0.39, 0.29) is 11.6 Å². The number of imidazole rings is 1. The van der Waals surface area contributed by atoms with Gasteiger partial charge in [0.05, 0.1) is 30.3 Å². The lowest BCUT2D eigenvalue weighted by Gasteiger charge is -2.28. The highest BCUT2D eigenvalue weighted by molar-refractivity contribution is 7.90. The Morgan fingerprint density at radius 1 is 1.02 bits per heavy atom. The van der Waals surface area contributed by atoms with E-state index in [1.807, 2.05) is 9.62 Å². The van der Waals surface area contributed by atoms with Crippen LogP contribution < -0.4 is 20.3 Å². The molecule has 16 heteroatoms. The largest absolute Gasteiger partial charge is 0.378 e.